The highest BCUT2D eigenvalue weighted by atomic mass is 16.5. The molecule has 1 aromatic carbocycles. The number of rotatable bonds is 2. The minimum absolute atomic E-state index is 0.0614. The van der Waals surface area contributed by atoms with Crippen LogP contribution >= 0.6 is 0 Å². The van der Waals surface area contributed by atoms with E-state index in [4.69, 9.17) is 4.74 Å². The first-order chi connectivity index (χ1) is 7.21. The zero-order valence-corrected chi connectivity index (χ0v) is 9.15. The van der Waals surface area contributed by atoms with Gasteiger partial charge in [0.05, 0.1) is 6.10 Å². The highest BCUT2D eigenvalue weighted by Gasteiger charge is 2.35. The van der Waals surface area contributed by atoms with Crippen LogP contribution in [-0.2, 0) is 10.3 Å². The summed E-state index contributed by atoms with van der Waals surface area (Å²) in [4.78, 5) is 0. The summed E-state index contributed by atoms with van der Waals surface area (Å²) in [6.07, 6.45) is 3.14. The molecule has 1 aromatic rings. The monoisotopic (exact) mass is 206 g/mol. The van der Waals surface area contributed by atoms with Crippen molar-refractivity contribution in [3.63, 3.8) is 0 Å². The van der Waals surface area contributed by atoms with Crippen molar-refractivity contribution in [3.05, 3.63) is 35.9 Å². The molecule has 1 aliphatic heterocycles. The van der Waals surface area contributed by atoms with E-state index in [1.807, 2.05) is 37.3 Å². The molecule has 2 atom stereocenters. The quantitative estimate of drug-likeness (QED) is 0.805. The van der Waals surface area contributed by atoms with E-state index in [1.54, 1.807) is 0 Å². The Morgan fingerprint density at radius 2 is 2.00 bits per heavy atom. The first-order valence-corrected chi connectivity index (χ1v) is 5.61. The van der Waals surface area contributed by atoms with Crippen molar-refractivity contribution in [2.75, 3.05) is 6.61 Å². The van der Waals surface area contributed by atoms with Crippen LogP contribution < -0.4 is 0 Å². The molecule has 0 spiro atoms. The molecule has 0 saturated carbocycles. The second-order valence-electron chi connectivity index (χ2n) is 4.37. The molecule has 0 aromatic heterocycles. The van der Waals surface area contributed by atoms with Gasteiger partial charge >= 0.3 is 0 Å². The average Bonchev–Trinajstić information content (AvgIpc) is 2.31. The second kappa shape index (κ2) is 4.33. The molecule has 1 heterocycles. The number of benzene rings is 1. The Hall–Kier alpha value is -0.860. The van der Waals surface area contributed by atoms with Crippen LogP contribution in [0.3, 0.4) is 0 Å². The van der Waals surface area contributed by atoms with Gasteiger partial charge < -0.3 is 9.84 Å². The second-order valence-corrected chi connectivity index (χ2v) is 4.37. The maximum Gasteiger partial charge on any atom is 0.113 e. The molecule has 0 radical (unpaired) electrons. The third kappa shape index (κ3) is 2.21. The lowest BCUT2D eigenvalue weighted by Crippen LogP contribution is -2.40. The van der Waals surface area contributed by atoms with E-state index in [-0.39, 0.29) is 6.10 Å². The average molecular weight is 206 g/mol. The van der Waals surface area contributed by atoms with Crippen molar-refractivity contribution >= 4 is 0 Å². The van der Waals surface area contributed by atoms with Gasteiger partial charge in [-0.2, -0.15) is 0 Å². The number of hydrogen-bond acceptors (Lipinski definition) is 2. The Balaban J connectivity index is 2.18. The van der Waals surface area contributed by atoms with Crippen molar-refractivity contribution < 1.29 is 9.84 Å². The predicted octanol–water partition coefficient (Wildman–Crippen LogP) is 2.46. The Kier molecular flexibility index (Phi) is 3.08. The van der Waals surface area contributed by atoms with Gasteiger partial charge in [-0.05, 0) is 31.7 Å². The van der Waals surface area contributed by atoms with Crippen LogP contribution in [0.4, 0.5) is 0 Å². The molecule has 2 nitrogen and oxygen atoms in total. The van der Waals surface area contributed by atoms with Crippen LogP contribution in [0.15, 0.2) is 30.3 Å². The van der Waals surface area contributed by atoms with Crippen molar-refractivity contribution in [2.24, 2.45) is 0 Å². The molecule has 0 aliphatic carbocycles. The van der Waals surface area contributed by atoms with Crippen molar-refractivity contribution in [3.8, 4) is 0 Å². The Bertz CT molecular complexity index is 300. The molecular weight excluding hydrogens is 188 g/mol. The molecule has 0 bridgehead atoms. The topological polar surface area (TPSA) is 29.5 Å². The van der Waals surface area contributed by atoms with E-state index in [2.05, 4.69) is 0 Å². The molecule has 2 heteroatoms. The summed E-state index contributed by atoms with van der Waals surface area (Å²) in [6, 6.07) is 9.77. The number of ether oxygens (including phenoxy) is 1. The molecule has 1 aliphatic rings. The van der Waals surface area contributed by atoms with Gasteiger partial charge in [0.2, 0.25) is 0 Å². The maximum atomic E-state index is 10.5. The summed E-state index contributed by atoms with van der Waals surface area (Å²) in [5.74, 6) is 0. The van der Waals surface area contributed by atoms with Gasteiger partial charge in [0.25, 0.3) is 0 Å². The van der Waals surface area contributed by atoms with Crippen molar-refractivity contribution in [1.82, 2.24) is 0 Å². The highest BCUT2D eigenvalue weighted by Crippen LogP contribution is 2.31. The number of hydrogen-bond donors (Lipinski definition) is 1. The molecule has 0 amide bonds. The molecule has 82 valence electrons. The van der Waals surface area contributed by atoms with Gasteiger partial charge in [-0.25, -0.2) is 0 Å². The molecule has 15 heavy (non-hydrogen) atoms. The summed E-state index contributed by atoms with van der Waals surface area (Å²) in [5.41, 5.74) is 0.0821. The van der Waals surface area contributed by atoms with Crippen molar-refractivity contribution in [1.29, 1.82) is 0 Å². The van der Waals surface area contributed by atoms with Crippen molar-refractivity contribution in [2.45, 2.75) is 37.9 Å². The van der Waals surface area contributed by atoms with E-state index >= 15 is 0 Å². The summed E-state index contributed by atoms with van der Waals surface area (Å²) >= 11 is 0. The SMILES string of the molecule is C[C@](O)(c1ccccc1)[C@@H]1CCCCO1. The van der Waals surface area contributed by atoms with Crippen LogP contribution in [0.5, 0.6) is 0 Å². The Labute approximate surface area is 90.9 Å². The fraction of sp³-hybridized carbons (Fsp3) is 0.538. The summed E-state index contributed by atoms with van der Waals surface area (Å²) < 4.78 is 5.65. The number of aliphatic hydroxyl groups is 1. The van der Waals surface area contributed by atoms with Gasteiger partial charge in [-0.1, -0.05) is 30.3 Å². The van der Waals surface area contributed by atoms with Gasteiger partial charge in [0.15, 0.2) is 0 Å². The fourth-order valence-corrected chi connectivity index (χ4v) is 2.15. The maximum absolute atomic E-state index is 10.5. The fourth-order valence-electron chi connectivity index (χ4n) is 2.15. The summed E-state index contributed by atoms with van der Waals surface area (Å²) in [6.45, 7) is 2.62. The van der Waals surface area contributed by atoms with Crippen LogP contribution in [0, 0.1) is 0 Å². The minimum atomic E-state index is -0.859. The minimum Gasteiger partial charge on any atom is -0.383 e. The standard InChI is InChI=1S/C13H18O2/c1-13(14,11-7-3-2-4-8-11)12-9-5-6-10-15-12/h2-4,7-8,12,14H,5-6,9-10H2,1H3/t12-,13-/m0/s1. The molecule has 1 fully saturated rings. The lowest BCUT2D eigenvalue weighted by molar-refractivity contribution is -0.122. The zero-order valence-electron chi connectivity index (χ0n) is 9.15. The summed E-state index contributed by atoms with van der Waals surface area (Å²) in [7, 11) is 0. The predicted molar refractivity (Wildman–Crippen MR) is 59.6 cm³/mol. The molecule has 2 rings (SSSR count). The van der Waals surface area contributed by atoms with Gasteiger partial charge in [0, 0.05) is 6.61 Å². The van der Waals surface area contributed by atoms with Gasteiger partial charge in [0.1, 0.15) is 5.60 Å². The van der Waals surface area contributed by atoms with E-state index < -0.39 is 5.60 Å². The highest BCUT2D eigenvalue weighted by molar-refractivity contribution is 5.23. The lowest BCUT2D eigenvalue weighted by atomic mass is 9.86. The largest absolute Gasteiger partial charge is 0.383 e. The summed E-state index contributed by atoms with van der Waals surface area (Å²) in [5, 5.41) is 10.5. The first kappa shape index (κ1) is 10.7. The van der Waals surface area contributed by atoms with E-state index in [1.165, 1.54) is 0 Å². The Morgan fingerprint density at radius 3 is 2.60 bits per heavy atom. The zero-order chi connectivity index (χ0) is 10.7. The van der Waals surface area contributed by atoms with Crippen LogP contribution in [0.1, 0.15) is 31.7 Å². The smallest absolute Gasteiger partial charge is 0.113 e. The van der Waals surface area contributed by atoms with Gasteiger partial charge in [-0.15, -0.1) is 0 Å². The molecule has 1 N–H and O–H groups in total. The van der Waals surface area contributed by atoms with Gasteiger partial charge in [-0.3, -0.25) is 0 Å². The molecular formula is C13H18O2. The third-order valence-corrected chi connectivity index (χ3v) is 3.16. The Morgan fingerprint density at radius 1 is 1.27 bits per heavy atom. The molecule has 0 unspecified atom stereocenters. The first-order valence-electron chi connectivity index (χ1n) is 5.61. The third-order valence-electron chi connectivity index (χ3n) is 3.16. The van der Waals surface area contributed by atoms with E-state index in [9.17, 15) is 5.11 Å². The molecule has 1 saturated heterocycles. The van der Waals surface area contributed by atoms with E-state index in [0.717, 1.165) is 31.4 Å². The lowest BCUT2D eigenvalue weighted by Gasteiger charge is -2.35. The van der Waals surface area contributed by atoms with Crippen LogP contribution in [0.2, 0.25) is 0 Å². The van der Waals surface area contributed by atoms with E-state index in [0.29, 0.717) is 0 Å². The van der Waals surface area contributed by atoms with Crippen LogP contribution in [-0.4, -0.2) is 17.8 Å². The van der Waals surface area contributed by atoms with Crippen LogP contribution in [0.25, 0.3) is 0 Å². The normalized spacial score (nSPS) is 25.9.